The van der Waals surface area contributed by atoms with Crippen LogP contribution in [0.2, 0.25) is 0 Å². The maximum Gasteiger partial charge on any atom is 0.309 e. The molecule has 0 aliphatic carbocycles. The van der Waals surface area contributed by atoms with Crippen LogP contribution in [0.15, 0.2) is 36.5 Å². The molecule has 0 heterocycles. The van der Waals surface area contributed by atoms with E-state index in [1.165, 1.54) is 161 Å². The Bertz CT molecular complexity index is 1140. The summed E-state index contributed by atoms with van der Waals surface area (Å²) in [6.07, 6.45) is 60.8. The van der Waals surface area contributed by atoms with E-state index in [0.717, 1.165) is 89.9 Å². The summed E-state index contributed by atoms with van der Waals surface area (Å²) >= 11 is 0. The van der Waals surface area contributed by atoms with Crippen LogP contribution in [0.25, 0.3) is 0 Å². The predicted molar refractivity (Wildman–Crippen MR) is 284 cm³/mol. The highest BCUT2D eigenvalue weighted by Crippen LogP contribution is 2.22. The molecule has 0 aliphatic heterocycles. The average Bonchev–Trinajstić information content (AvgIpc) is 3.30. The van der Waals surface area contributed by atoms with Crippen molar-refractivity contribution in [3.05, 3.63) is 36.5 Å². The fourth-order valence-corrected chi connectivity index (χ4v) is 8.56. The van der Waals surface area contributed by atoms with E-state index in [1.54, 1.807) is 0 Å². The van der Waals surface area contributed by atoms with Crippen LogP contribution >= 0.6 is 0 Å². The summed E-state index contributed by atoms with van der Waals surface area (Å²) in [5.41, 5.74) is 0. The van der Waals surface area contributed by atoms with Gasteiger partial charge in [-0.1, -0.05) is 225 Å². The summed E-state index contributed by atoms with van der Waals surface area (Å²) in [4.78, 5) is 39.1. The van der Waals surface area contributed by atoms with E-state index in [-0.39, 0.29) is 43.0 Å². The smallest absolute Gasteiger partial charge is 0.309 e. The lowest BCUT2D eigenvalue weighted by Crippen LogP contribution is -2.33. The molecular weight excluding hydrogens is 817 g/mol. The molecule has 0 amide bonds. The van der Waals surface area contributed by atoms with E-state index in [1.807, 2.05) is 0 Å². The van der Waals surface area contributed by atoms with Gasteiger partial charge in [0.2, 0.25) is 0 Å². The number of carbonyl (C=O) groups excluding carboxylic acids is 3. The lowest BCUT2D eigenvalue weighted by molar-refractivity contribution is -0.169. The molecule has 0 saturated heterocycles. The number of carbonyl (C=O) groups is 3. The first kappa shape index (κ1) is 63.6. The largest absolute Gasteiger partial charge is 0.462 e. The SMILES string of the molecule is CCCCCCCC/C=C\CCCCCCCC(=O)OCC(COC(=O)C(CCCCCC/C=C\CCCCCCCC)C(C)C)OC(=O)CCCCCCC/C=C\CCCCCCCC. The molecule has 386 valence electrons. The van der Waals surface area contributed by atoms with Gasteiger partial charge in [-0.05, 0) is 102 Å². The minimum atomic E-state index is -0.801. The minimum Gasteiger partial charge on any atom is -0.462 e. The zero-order valence-electron chi connectivity index (χ0n) is 44.6. The third-order valence-corrected chi connectivity index (χ3v) is 13.1. The Hall–Kier alpha value is -2.37. The van der Waals surface area contributed by atoms with Crippen molar-refractivity contribution < 1.29 is 28.6 Å². The highest BCUT2D eigenvalue weighted by molar-refractivity contribution is 5.73. The molecule has 0 rings (SSSR count). The first-order valence-corrected chi connectivity index (χ1v) is 28.8. The van der Waals surface area contributed by atoms with Gasteiger partial charge in [0.1, 0.15) is 13.2 Å². The topological polar surface area (TPSA) is 78.9 Å². The highest BCUT2D eigenvalue weighted by Gasteiger charge is 2.26. The van der Waals surface area contributed by atoms with E-state index in [9.17, 15) is 14.4 Å². The van der Waals surface area contributed by atoms with Crippen molar-refractivity contribution in [1.29, 1.82) is 0 Å². The van der Waals surface area contributed by atoms with Gasteiger partial charge in [-0.2, -0.15) is 0 Å². The van der Waals surface area contributed by atoms with Gasteiger partial charge < -0.3 is 14.2 Å². The van der Waals surface area contributed by atoms with Crippen LogP contribution in [0.4, 0.5) is 0 Å². The summed E-state index contributed by atoms with van der Waals surface area (Å²) in [7, 11) is 0. The van der Waals surface area contributed by atoms with Gasteiger partial charge in [-0.3, -0.25) is 14.4 Å². The van der Waals surface area contributed by atoms with Gasteiger partial charge in [0.05, 0.1) is 5.92 Å². The van der Waals surface area contributed by atoms with Gasteiger partial charge in [0.15, 0.2) is 6.10 Å². The molecule has 0 radical (unpaired) electrons. The maximum absolute atomic E-state index is 13.4. The predicted octanol–water partition coefficient (Wildman–Crippen LogP) is 19.0. The Balaban J connectivity index is 4.69. The fourth-order valence-electron chi connectivity index (χ4n) is 8.56. The Morgan fingerprint density at radius 2 is 0.667 bits per heavy atom. The van der Waals surface area contributed by atoms with Crippen molar-refractivity contribution in [2.24, 2.45) is 11.8 Å². The molecule has 6 nitrogen and oxygen atoms in total. The molecule has 0 saturated carbocycles. The summed E-state index contributed by atoms with van der Waals surface area (Å²) in [6.45, 7) is 10.8. The molecule has 0 aliphatic rings. The molecule has 0 N–H and O–H groups in total. The van der Waals surface area contributed by atoms with Crippen LogP contribution < -0.4 is 0 Å². The van der Waals surface area contributed by atoms with Crippen LogP contribution in [0.5, 0.6) is 0 Å². The Kier molecular flexibility index (Phi) is 50.1. The Morgan fingerprint density at radius 3 is 1.03 bits per heavy atom. The molecule has 0 spiro atoms. The summed E-state index contributed by atoms with van der Waals surface area (Å²) in [5, 5.41) is 0. The highest BCUT2D eigenvalue weighted by atomic mass is 16.6. The van der Waals surface area contributed by atoms with Gasteiger partial charge in [-0.25, -0.2) is 0 Å². The third kappa shape index (κ3) is 46.7. The molecule has 6 heteroatoms. The summed E-state index contributed by atoms with van der Waals surface area (Å²) < 4.78 is 17.3. The average molecular weight is 928 g/mol. The van der Waals surface area contributed by atoms with Crippen molar-refractivity contribution in [2.45, 2.75) is 304 Å². The number of hydrogen-bond acceptors (Lipinski definition) is 6. The van der Waals surface area contributed by atoms with Gasteiger partial charge in [-0.15, -0.1) is 0 Å². The first-order chi connectivity index (χ1) is 32.3. The van der Waals surface area contributed by atoms with E-state index in [2.05, 4.69) is 71.1 Å². The number of ether oxygens (including phenoxy) is 3. The van der Waals surface area contributed by atoms with Crippen molar-refractivity contribution >= 4 is 17.9 Å². The van der Waals surface area contributed by atoms with Crippen LogP contribution in [0.1, 0.15) is 298 Å². The van der Waals surface area contributed by atoms with E-state index in [0.29, 0.717) is 12.8 Å². The summed E-state index contributed by atoms with van der Waals surface area (Å²) in [5.74, 6) is -0.919. The second-order valence-corrected chi connectivity index (χ2v) is 20.0. The minimum absolute atomic E-state index is 0.0882. The first-order valence-electron chi connectivity index (χ1n) is 28.8. The number of rotatable bonds is 51. The van der Waals surface area contributed by atoms with Crippen LogP contribution in [-0.4, -0.2) is 37.2 Å². The molecule has 2 unspecified atom stereocenters. The molecule has 0 aromatic heterocycles. The van der Waals surface area contributed by atoms with Gasteiger partial charge in [0, 0.05) is 12.8 Å². The number of hydrogen-bond donors (Lipinski definition) is 0. The third-order valence-electron chi connectivity index (χ3n) is 13.1. The molecule has 0 aromatic rings. The number of allylic oxidation sites excluding steroid dienone is 6. The second kappa shape index (κ2) is 52.0. The lowest BCUT2D eigenvalue weighted by Gasteiger charge is -2.22. The standard InChI is InChI=1S/C60H110O6/c1-6-9-12-15-18-21-24-27-30-33-36-39-42-45-48-51-58(61)64-53-56(66-59(62)52-49-46-43-40-37-34-31-28-25-22-19-16-13-10-7-2)54-65-60(63)57(55(4)5)50-47-44-41-38-35-32-29-26-23-20-17-14-11-8-3/h27-32,55-57H,6-26,33-54H2,1-5H3/b30-27-,31-28-,32-29-. The molecule has 0 bridgehead atoms. The Labute approximate surface area is 410 Å². The van der Waals surface area contributed by atoms with Crippen molar-refractivity contribution in [3.8, 4) is 0 Å². The van der Waals surface area contributed by atoms with Crippen molar-refractivity contribution in [1.82, 2.24) is 0 Å². The molecule has 0 aromatic carbocycles. The van der Waals surface area contributed by atoms with Crippen LogP contribution in [0, 0.1) is 11.8 Å². The zero-order chi connectivity index (χ0) is 48.2. The van der Waals surface area contributed by atoms with E-state index >= 15 is 0 Å². The van der Waals surface area contributed by atoms with Crippen LogP contribution in [-0.2, 0) is 28.6 Å². The Morgan fingerprint density at radius 1 is 0.364 bits per heavy atom. The molecular formula is C60H110O6. The number of esters is 3. The number of unbranched alkanes of at least 4 members (excludes halogenated alkanes) is 32. The van der Waals surface area contributed by atoms with Gasteiger partial charge >= 0.3 is 17.9 Å². The zero-order valence-corrected chi connectivity index (χ0v) is 44.6. The van der Waals surface area contributed by atoms with E-state index < -0.39 is 6.10 Å². The lowest BCUT2D eigenvalue weighted by atomic mass is 9.90. The normalized spacial score (nSPS) is 12.8. The fraction of sp³-hybridized carbons (Fsp3) is 0.850. The van der Waals surface area contributed by atoms with Crippen molar-refractivity contribution in [2.75, 3.05) is 13.2 Å². The molecule has 0 fully saturated rings. The van der Waals surface area contributed by atoms with E-state index in [4.69, 9.17) is 14.2 Å². The monoisotopic (exact) mass is 927 g/mol. The summed E-state index contributed by atoms with van der Waals surface area (Å²) in [6, 6.07) is 0. The molecule has 66 heavy (non-hydrogen) atoms. The van der Waals surface area contributed by atoms with Gasteiger partial charge in [0.25, 0.3) is 0 Å². The molecule has 2 atom stereocenters. The van der Waals surface area contributed by atoms with Crippen LogP contribution in [0.3, 0.4) is 0 Å². The van der Waals surface area contributed by atoms with Crippen molar-refractivity contribution in [3.63, 3.8) is 0 Å². The second-order valence-electron chi connectivity index (χ2n) is 20.0. The maximum atomic E-state index is 13.4. The quantitative estimate of drug-likeness (QED) is 0.0262.